The smallest absolute Gasteiger partial charge is 0.691 e. The van der Waals surface area contributed by atoms with Crippen LogP contribution in [0.2, 0.25) is 0 Å². The van der Waals surface area contributed by atoms with Crippen molar-refractivity contribution < 1.29 is 44.2 Å². The van der Waals surface area contributed by atoms with Crippen molar-refractivity contribution in [3.63, 3.8) is 0 Å². The van der Waals surface area contributed by atoms with Gasteiger partial charge in [-0.1, -0.05) is 18.2 Å². The van der Waals surface area contributed by atoms with Crippen LogP contribution in [0.5, 0.6) is 0 Å². The number of rotatable bonds is 3. The molecule has 0 atom stereocenters. The monoisotopic (exact) mass is 180 g/mol. The molecule has 0 aliphatic carbocycles. The summed E-state index contributed by atoms with van der Waals surface area (Å²) in [4.78, 5) is 0.832. The molecule has 0 aromatic heterocycles. The van der Waals surface area contributed by atoms with Gasteiger partial charge in [0.1, 0.15) is 0 Å². The van der Waals surface area contributed by atoms with Crippen molar-refractivity contribution in [1.29, 1.82) is 0 Å². The van der Waals surface area contributed by atoms with Crippen molar-refractivity contribution in [2.24, 2.45) is 0 Å². The first-order valence-corrected chi connectivity index (χ1v) is 3.36. The first kappa shape index (κ1) is 11.4. The fourth-order valence-corrected chi connectivity index (χ4v) is 0.904. The van der Waals surface area contributed by atoms with Gasteiger partial charge in [-0.15, -0.1) is 0 Å². The Bertz CT molecular complexity index is 182. The molecule has 0 heterocycles. The molecule has 0 N–H and O–H groups in total. The predicted octanol–water partition coefficient (Wildman–Crippen LogP) is -2.08. The maximum Gasteiger partial charge on any atom is 1.00 e. The second kappa shape index (κ2) is 7.12. The van der Waals surface area contributed by atoms with Crippen LogP contribution in [0.3, 0.4) is 0 Å². The number of hydrogen-bond acceptors (Lipinski definition) is 4. The van der Waals surface area contributed by atoms with Crippen molar-refractivity contribution in [2.45, 2.75) is 4.90 Å². The summed E-state index contributed by atoms with van der Waals surface area (Å²) in [6.07, 6.45) is 0. The van der Waals surface area contributed by atoms with Crippen LogP contribution in [0.25, 0.3) is 0 Å². The molecule has 0 amide bonds. The second-order valence-electron chi connectivity index (χ2n) is 1.53. The Morgan fingerprint density at radius 2 is 1.82 bits per heavy atom. The van der Waals surface area contributed by atoms with E-state index in [0.29, 0.717) is 0 Å². The van der Waals surface area contributed by atoms with Gasteiger partial charge in [0.25, 0.3) is 0 Å². The molecule has 3 nitrogen and oxygen atoms in total. The van der Waals surface area contributed by atoms with Crippen LogP contribution in [0.15, 0.2) is 35.2 Å². The minimum atomic E-state index is 0. The van der Waals surface area contributed by atoms with Gasteiger partial charge in [-0.3, -0.25) is 5.04 Å². The molecule has 0 aliphatic heterocycles. The largest absolute Gasteiger partial charge is 1.00 e. The van der Waals surface area contributed by atoms with Gasteiger partial charge in [0.15, 0.2) is 0 Å². The summed E-state index contributed by atoms with van der Waals surface area (Å²) in [7, 11) is 0. The molecule has 5 heteroatoms. The van der Waals surface area contributed by atoms with Crippen LogP contribution < -0.4 is 34.8 Å². The SMILES string of the molecule is [Na+].[O-]OOSc1ccccc1. The van der Waals surface area contributed by atoms with Gasteiger partial charge in [-0.2, -0.15) is 4.33 Å². The number of benzene rings is 1. The summed E-state index contributed by atoms with van der Waals surface area (Å²) in [5, 5.41) is 12.5. The third-order valence-corrected chi connectivity index (χ3v) is 1.49. The quantitative estimate of drug-likeness (QED) is 0.232. The molecule has 0 bridgehead atoms. The van der Waals surface area contributed by atoms with Crippen LogP contribution in [-0.2, 0) is 9.37 Å². The summed E-state index contributed by atoms with van der Waals surface area (Å²) in [5.41, 5.74) is 0. The Morgan fingerprint density at radius 1 is 1.18 bits per heavy atom. The molecule has 0 radical (unpaired) electrons. The average Bonchev–Trinajstić information content (AvgIpc) is 2.03. The molecular formula is C6H5NaO3S. The summed E-state index contributed by atoms with van der Waals surface area (Å²) < 4.78 is 4.08. The van der Waals surface area contributed by atoms with Gasteiger partial charge >= 0.3 is 29.6 Å². The zero-order valence-corrected chi connectivity index (χ0v) is 8.84. The Morgan fingerprint density at radius 3 is 2.36 bits per heavy atom. The van der Waals surface area contributed by atoms with Crippen molar-refractivity contribution in [3.8, 4) is 0 Å². The molecule has 0 saturated heterocycles. The summed E-state index contributed by atoms with van der Waals surface area (Å²) >= 11 is 0.886. The zero-order chi connectivity index (χ0) is 7.23. The van der Waals surface area contributed by atoms with E-state index in [1.54, 1.807) is 0 Å². The van der Waals surface area contributed by atoms with Gasteiger partial charge in [0, 0.05) is 4.90 Å². The molecule has 0 fully saturated rings. The molecule has 0 aliphatic rings. The Kier molecular flexibility index (Phi) is 7.41. The van der Waals surface area contributed by atoms with Gasteiger partial charge in [0.05, 0.1) is 12.0 Å². The van der Waals surface area contributed by atoms with E-state index >= 15 is 0 Å². The predicted molar refractivity (Wildman–Crippen MR) is 34.5 cm³/mol. The van der Waals surface area contributed by atoms with Gasteiger partial charge in [0.2, 0.25) is 0 Å². The van der Waals surface area contributed by atoms with Crippen molar-refractivity contribution in [2.75, 3.05) is 0 Å². The Balaban J connectivity index is 0.000001000. The fraction of sp³-hybridized carbons (Fsp3) is 0. The molecule has 0 saturated carbocycles. The average molecular weight is 180 g/mol. The minimum Gasteiger partial charge on any atom is -0.691 e. The minimum absolute atomic E-state index is 0. The van der Waals surface area contributed by atoms with Crippen LogP contribution in [-0.4, -0.2) is 0 Å². The topological polar surface area (TPSA) is 41.5 Å². The first-order chi connectivity index (χ1) is 4.93. The van der Waals surface area contributed by atoms with Crippen LogP contribution in [0.1, 0.15) is 0 Å². The summed E-state index contributed by atoms with van der Waals surface area (Å²) in [6.45, 7) is 0. The van der Waals surface area contributed by atoms with E-state index in [4.69, 9.17) is 0 Å². The molecule has 1 aromatic rings. The van der Waals surface area contributed by atoms with Gasteiger partial charge < -0.3 is 5.26 Å². The summed E-state index contributed by atoms with van der Waals surface area (Å²) in [5.74, 6) is 0. The van der Waals surface area contributed by atoms with Gasteiger partial charge in [-0.05, 0) is 12.1 Å². The van der Waals surface area contributed by atoms with E-state index < -0.39 is 0 Å². The van der Waals surface area contributed by atoms with E-state index in [-0.39, 0.29) is 29.6 Å². The van der Waals surface area contributed by atoms with E-state index in [1.807, 2.05) is 30.3 Å². The van der Waals surface area contributed by atoms with Crippen LogP contribution >= 0.6 is 12.0 Å². The Labute approximate surface area is 91.1 Å². The molecule has 54 valence electrons. The third kappa shape index (κ3) is 4.81. The van der Waals surface area contributed by atoms with E-state index in [2.05, 4.69) is 9.37 Å². The normalized spacial score (nSPS) is 8.82. The molecule has 11 heavy (non-hydrogen) atoms. The van der Waals surface area contributed by atoms with Crippen molar-refractivity contribution in [1.82, 2.24) is 0 Å². The molecular weight excluding hydrogens is 175 g/mol. The standard InChI is InChI=1S/C6H6O3S.Na/c7-8-9-10-6-4-2-1-3-5-6;/h1-5,7H;/q;+1/p-1. The van der Waals surface area contributed by atoms with Crippen molar-refractivity contribution >= 4 is 12.0 Å². The van der Waals surface area contributed by atoms with Crippen molar-refractivity contribution in [3.05, 3.63) is 30.3 Å². The zero-order valence-electron chi connectivity index (χ0n) is 6.02. The molecule has 0 spiro atoms. The van der Waals surface area contributed by atoms with E-state index in [1.165, 1.54) is 0 Å². The second-order valence-corrected chi connectivity index (χ2v) is 2.31. The fourth-order valence-electron chi connectivity index (χ4n) is 0.529. The molecule has 1 aromatic carbocycles. The summed E-state index contributed by atoms with van der Waals surface area (Å²) in [6, 6.07) is 9.18. The van der Waals surface area contributed by atoms with Crippen LogP contribution in [0.4, 0.5) is 0 Å². The van der Waals surface area contributed by atoms with Gasteiger partial charge in [-0.25, -0.2) is 0 Å². The van der Waals surface area contributed by atoms with E-state index in [9.17, 15) is 5.26 Å². The Hall–Kier alpha value is 0.450. The maximum absolute atomic E-state index is 9.36. The van der Waals surface area contributed by atoms with E-state index in [0.717, 1.165) is 16.9 Å². The third-order valence-electron chi connectivity index (χ3n) is 0.901. The molecule has 1 rings (SSSR count). The first-order valence-electron chi connectivity index (χ1n) is 2.61. The maximum atomic E-state index is 9.36. The van der Waals surface area contributed by atoms with Crippen LogP contribution in [0, 0.1) is 0 Å². The number of hydrogen-bond donors (Lipinski definition) is 0. The molecule has 0 unspecified atom stereocenters.